The summed E-state index contributed by atoms with van der Waals surface area (Å²) >= 11 is 1.08. The Morgan fingerprint density at radius 1 is 0.875 bits per heavy atom. The molecule has 0 saturated heterocycles. The summed E-state index contributed by atoms with van der Waals surface area (Å²) in [7, 11) is 0. The molecule has 6 rings (SSSR count). The van der Waals surface area contributed by atoms with Crippen LogP contribution in [0.2, 0.25) is 0 Å². The van der Waals surface area contributed by atoms with Gasteiger partial charge in [-0.05, 0) is 41.3 Å². The van der Waals surface area contributed by atoms with Crippen molar-refractivity contribution in [3.63, 3.8) is 0 Å². The van der Waals surface area contributed by atoms with Gasteiger partial charge in [-0.15, -0.1) is 11.3 Å². The van der Waals surface area contributed by atoms with Crippen LogP contribution in [0, 0.1) is 6.92 Å². The molecule has 2 heterocycles. The molecule has 4 aromatic rings. The monoisotopic (exact) mass is 553 g/mol. The van der Waals surface area contributed by atoms with Gasteiger partial charge in [-0.2, -0.15) is 0 Å². The molecule has 3 amide bonds. The van der Waals surface area contributed by atoms with Gasteiger partial charge in [0.25, 0.3) is 11.8 Å². The van der Waals surface area contributed by atoms with Gasteiger partial charge in [0.15, 0.2) is 0 Å². The van der Waals surface area contributed by atoms with Crippen molar-refractivity contribution in [1.29, 1.82) is 0 Å². The van der Waals surface area contributed by atoms with Gasteiger partial charge in [-0.3, -0.25) is 9.59 Å². The Bertz CT molecular complexity index is 1600. The zero-order valence-electron chi connectivity index (χ0n) is 21.4. The van der Waals surface area contributed by atoms with Gasteiger partial charge in [0.05, 0.1) is 21.8 Å². The molecule has 10 heteroatoms. The largest absolute Gasteiger partial charge is 0.449 e. The van der Waals surface area contributed by atoms with Gasteiger partial charge >= 0.3 is 12.1 Å². The third kappa shape index (κ3) is 4.52. The Morgan fingerprint density at radius 3 is 2.02 bits per heavy atom. The summed E-state index contributed by atoms with van der Waals surface area (Å²) in [6.45, 7) is 2.10. The number of imide groups is 1. The van der Waals surface area contributed by atoms with Crippen LogP contribution in [0.3, 0.4) is 0 Å². The molecular weight excluding hydrogens is 530 g/mol. The van der Waals surface area contributed by atoms with E-state index in [2.05, 4.69) is 34.6 Å². The molecular formula is C30H23N3O6S. The molecule has 1 aromatic heterocycles. The minimum absolute atomic E-state index is 0.0319. The van der Waals surface area contributed by atoms with E-state index in [0.29, 0.717) is 22.2 Å². The predicted molar refractivity (Wildman–Crippen MR) is 146 cm³/mol. The van der Waals surface area contributed by atoms with Crippen molar-refractivity contribution in [2.75, 3.05) is 13.2 Å². The molecule has 40 heavy (non-hydrogen) atoms. The molecule has 200 valence electrons. The summed E-state index contributed by atoms with van der Waals surface area (Å²) in [5.74, 6) is -2.26. The summed E-state index contributed by atoms with van der Waals surface area (Å²) < 4.78 is 5.56. The lowest BCUT2D eigenvalue weighted by Crippen LogP contribution is -2.32. The van der Waals surface area contributed by atoms with E-state index in [-0.39, 0.29) is 35.1 Å². The van der Waals surface area contributed by atoms with Gasteiger partial charge in [-0.1, -0.05) is 65.7 Å². The average Bonchev–Trinajstić information content (AvgIpc) is 3.58. The van der Waals surface area contributed by atoms with Gasteiger partial charge in [0.1, 0.15) is 11.5 Å². The first-order valence-corrected chi connectivity index (χ1v) is 13.5. The van der Waals surface area contributed by atoms with Gasteiger partial charge in [0, 0.05) is 18.9 Å². The number of fused-ring (bicyclic) bond motifs is 4. The molecule has 0 fully saturated rings. The number of rotatable bonds is 7. The smallest absolute Gasteiger partial charge is 0.407 e. The van der Waals surface area contributed by atoms with E-state index in [0.717, 1.165) is 33.6 Å². The van der Waals surface area contributed by atoms with Gasteiger partial charge in [0.2, 0.25) is 0 Å². The lowest BCUT2D eigenvalue weighted by atomic mass is 9.98. The number of ether oxygens (including phenoxy) is 1. The second kappa shape index (κ2) is 10.4. The Hall–Kier alpha value is -4.83. The third-order valence-corrected chi connectivity index (χ3v) is 8.11. The average molecular weight is 554 g/mol. The van der Waals surface area contributed by atoms with E-state index in [1.807, 2.05) is 24.3 Å². The van der Waals surface area contributed by atoms with Crippen LogP contribution in [0.15, 0.2) is 72.8 Å². The normalized spacial score (nSPS) is 13.6. The first kappa shape index (κ1) is 25.4. The first-order chi connectivity index (χ1) is 19.4. The molecule has 1 aliphatic carbocycles. The molecule has 0 unspecified atom stereocenters. The van der Waals surface area contributed by atoms with Crippen LogP contribution < -0.4 is 5.32 Å². The topological polar surface area (TPSA) is 115 Å². The second-order valence-electron chi connectivity index (χ2n) is 9.35. The number of aryl methyl sites for hydroxylation is 1. The van der Waals surface area contributed by atoms with E-state index >= 15 is 0 Å². The maximum absolute atomic E-state index is 12.8. The number of amides is 3. The molecule has 0 spiro atoms. The summed E-state index contributed by atoms with van der Waals surface area (Å²) in [4.78, 5) is 59.9. The minimum atomic E-state index is -0.847. The van der Waals surface area contributed by atoms with E-state index in [1.54, 1.807) is 19.1 Å². The van der Waals surface area contributed by atoms with Crippen LogP contribution in [-0.2, 0) is 16.0 Å². The number of hydroxylamine groups is 2. The number of nitrogens with zero attached hydrogens (tertiary/aromatic N) is 2. The minimum Gasteiger partial charge on any atom is -0.449 e. The van der Waals surface area contributed by atoms with E-state index in [4.69, 9.17) is 9.57 Å². The number of hydrogen-bond acceptors (Lipinski definition) is 8. The number of hydrogen-bond donors (Lipinski definition) is 1. The Morgan fingerprint density at radius 2 is 1.43 bits per heavy atom. The van der Waals surface area contributed by atoms with Crippen molar-refractivity contribution < 1.29 is 28.8 Å². The fourth-order valence-corrected chi connectivity index (χ4v) is 5.98. The highest BCUT2D eigenvalue weighted by Crippen LogP contribution is 2.44. The molecule has 0 radical (unpaired) electrons. The zero-order chi connectivity index (χ0) is 27.8. The molecule has 0 atom stereocenters. The molecule has 2 aliphatic rings. The zero-order valence-corrected chi connectivity index (χ0v) is 22.2. The number of benzene rings is 3. The predicted octanol–water partition coefficient (Wildman–Crippen LogP) is 4.90. The van der Waals surface area contributed by atoms with E-state index in [1.165, 1.54) is 12.1 Å². The molecule has 0 saturated carbocycles. The van der Waals surface area contributed by atoms with Crippen LogP contribution in [0.5, 0.6) is 0 Å². The van der Waals surface area contributed by atoms with Crippen LogP contribution in [-0.4, -0.2) is 47.1 Å². The summed E-state index contributed by atoms with van der Waals surface area (Å²) in [6, 6.07) is 22.5. The molecule has 3 aromatic carbocycles. The quantitative estimate of drug-likeness (QED) is 0.324. The Labute approximate surface area is 233 Å². The fraction of sp³-hybridized carbons (Fsp3) is 0.167. The Balaban J connectivity index is 1.02. The second-order valence-corrected chi connectivity index (χ2v) is 10.4. The van der Waals surface area contributed by atoms with Crippen molar-refractivity contribution in [3.05, 3.63) is 111 Å². The highest BCUT2D eigenvalue weighted by molar-refractivity contribution is 7.13. The highest BCUT2D eigenvalue weighted by Gasteiger charge is 2.39. The van der Waals surface area contributed by atoms with Gasteiger partial charge < -0.3 is 14.9 Å². The molecule has 1 aliphatic heterocycles. The summed E-state index contributed by atoms with van der Waals surface area (Å²) in [5.41, 5.74) is 5.35. The lowest BCUT2D eigenvalue weighted by Gasteiger charge is -2.14. The van der Waals surface area contributed by atoms with E-state index < -0.39 is 23.9 Å². The first-order valence-electron chi connectivity index (χ1n) is 12.7. The molecule has 0 bridgehead atoms. The standard InChI is InChI=1S/C30H23N3O6S/c1-17-26(29(36)39-33-27(34)22-12-6-7-13-23(22)28(33)35)40-25(32-17)14-15-31-30(37)38-16-24-20-10-4-2-8-18(20)19-9-3-5-11-21(19)24/h2-13,24H,14-16H2,1H3,(H,31,37). The number of carbonyl (C=O) groups excluding carboxylic acids is 4. The maximum Gasteiger partial charge on any atom is 0.407 e. The van der Waals surface area contributed by atoms with Crippen LogP contribution in [0.25, 0.3) is 11.1 Å². The van der Waals surface area contributed by atoms with E-state index in [9.17, 15) is 19.2 Å². The van der Waals surface area contributed by atoms with Crippen molar-refractivity contribution in [3.8, 4) is 11.1 Å². The maximum atomic E-state index is 12.8. The Kier molecular flexibility index (Phi) is 6.61. The molecule has 9 nitrogen and oxygen atoms in total. The number of carbonyl (C=O) groups is 4. The van der Waals surface area contributed by atoms with Crippen molar-refractivity contribution in [2.24, 2.45) is 0 Å². The third-order valence-electron chi connectivity index (χ3n) is 6.91. The summed E-state index contributed by atoms with van der Waals surface area (Å²) in [5, 5.41) is 3.80. The number of alkyl carbamates (subject to hydrolysis) is 1. The van der Waals surface area contributed by atoms with Gasteiger partial charge in [-0.25, -0.2) is 14.6 Å². The fourth-order valence-electron chi connectivity index (χ4n) is 5.04. The SMILES string of the molecule is Cc1nc(CCNC(=O)OCC2c3ccccc3-c3ccccc32)sc1C(=O)ON1C(=O)c2ccccc2C1=O. The number of aromatic nitrogens is 1. The van der Waals surface area contributed by atoms with Crippen molar-refractivity contribution >= 4 is 35.2 Å². The molecule has 1 N–H and O–H groups in total. The van der Waals surface area contributed by atoms with Crippen molar-refractivity contribution in [2.45, 2.75) is 19.3 Å². The lowest BCUT2D eigenvalue weighted by molar-refractivity contribution is -0.0581. The van der Waals surface area contributed by atoms with Crippen LogP contribution in [0.1, 0.15) is 58.1 Å². The highest BCUT2D eigenvalue weighted by atomic mass is 32.1. The van der Waals surface area contributed by atoms with Crippen LogP contribution in [0.4, 0.5) is 4.79 Å². The summed E-state index contributed by atoms with van der Waals surface area (Å²) in [6.07, 6.45) is -0.184. The van der Waals surface area contributed by atoms with Crippen LogP contribution >= 0.6 is 11.3 Å². The van der Waals surface area contributed by atoms with Crippen molar-refractivity contribution in [1.82, 2.24) is 15.4 Å². The number of nitrogens with one attached hydrogen (secondary N) is 1. The number of thiazole rings is 1.